The summed E-state index contributed by atoms with van der Waals surface area (Å²) >= 11 is 0. The first-order valence-electron chi connectivity index (χ1n) is 6.17. The fourth-order valence-corrected chi connectivity index (χ4v) is 1.65. The minimum atomic E-state index is -0.470. The summed E-state index contributed by atoms with van der Waals surface area (Å²) in [5.74, 6) is -0.234. The van der Waals surface area contributed by atoms with Gasteiger partial charge in [0.15, 0.2) is 0 Å². The Bertz CT molecular complexity index is 637. The number of nitrogens with zero attached hydrogens (tertiary/aromatic N) is 4. The van der Waals surface area contributed by atoms with Gasteiger partial charge in [-0.2, -0.15) is 0 Å². The van der Waals surface area contributed by atoms with Crippen LogP contribution in [-0.4, -0.2) is 25.8 Å². The Balaban J connectivity index is 1.84. The number of hydrogen-bond donors (Lipinski definition) is 2. The van der Waals surface area contributed by atoms with Gasteiger partial charge < -0.3 is 11.1 Å². The summed E-state index contributed by atoms with van der Waals surface area (Å²) in [4.78, 5) is 21.8. The molecule has 2 rings (SSSR count). The lowest BCUT2D eigenvalue weighted by Crippen LogP contribution is -2.27. The number of hydrogen-bond acceptors (Lipinski definition) is 6. The molecule has 21 heavy (non-hydrogen) atoms. The molecule has 3 N–H and O–H groups in total. The van der Waals surface area contributed by atoms with Crippen LogP contribution < -0.4 is 11.1 Å². The predicted molar refractivity (Wildman–Crippen MR) is 72.9 cm³/mol. The quantitative estimate of drug-likeness (QED) is 0.567. The molecule has 1 aromatic carbocycles. The SMILES string of the molecule is NCc1cn(CC(=O)NCc2ccc([N+](=O)[O-])cc2)nn1. The van der Waals surface area contributed by atoms with Gasteiger partial charge in [0.05, 0.1) is 16.8 Å². The fourth-order valence-electron chi connectivity index (χ4n) is 1.65. The number of carbonyl (C=O) groups excluding carboxylic acids is 1. The summed E-state index contributed by atoms with van der Waals surface area (Å²) in [6.45, 7) is 0.597. The lowest BCUT2D eigenvalue weighted by atomic mass is 10.2. The van der Waals surface area contributed by atoms with Gasteiger partial charge in [-0.25, -0.2) is 4.68 Å². The zero-order chi connectivity index (χ0) is 15.2. The summed E-state index contributed by atoms with van der Waals surface area (Å²) in [5, 5.41) is 20.8. The van der Waals surface area contributed by atoms with Crippen LogP contribution in [0.1, 0.15) is 11.3 Å². The van der Waals surface area contributed by atoms with Crippen LogP contribution in [-0.2, 0) is 24.4 Å². The number of nitrogens with two attached hydrogens (primary N) is 1. The van der Waals surface area contributed by atoms with Gasteiger partial charge in [-0.1, -0.05) is 17.3 Å². The van der Waals surface area contributed by atoms with Crippen LogP contribution in [0.5, 0.6) is 0 Å². The van der Waals surface area contributed by atoms with E-state index in [1.165, 1.54) is 16.8 Å². The molecule has 0 saturated carbocycles. The third-order valence-corrected chi connectivity index (χ3v) is 2.74. The van der Waals surface area contributed by atoms with Gasteiger partial charge in [-0.15, -0.1) is 5.10 Å². The van der Waals surface area contributed by atoms with E-state index in [0.29, 0.717) is 5.69 Å². The highest BCUT2D eigenvalue weighted by Crippen LogP contribution is 2.11. The Labute approximate surface area is 119 Å². The number of nitro groups is 1. The second kappa shape index (κ2) is 6.57. The Morgan fingerprint density at radius 3 is 2.67 bits per heavy atom. The number of amides is 1. The summed E-state index contributed by atoms with van der Waals surface area (Å²) in [5.41, 5.74) is 6.80. The smallest absolute Gasteiger partial charge is 0.269 e. The number of non-ortho nitro benzene ring substituents is 1. The van der Waals surface area contributed by atoms with E-state index in [1.807, 2.05) is 0 Å². The van der Waals surface area contributed by atoms with Crippen molar-refractivity contribution < 1.29 is 9.72 Å². The van der Waals surface area contributed by atoms with E-state index in [0.717, 1.165) is 5.56 Å². The van der Waals surface area contributed by atoms with Crippen molar-refractivity contribution in [1.29, 1.82) is 0 Å². The molecule has 1 amide bonds. The van der Waals surface area contributed by atoms with Gasteiger partial charge in [-0.05, 0) is 5.56 Å². The molecule has 1 aromatic heterocycles. The fraction of sp³-hybridized carbons (Fsp3) is 0.250. The summed E-state index contributed by atoms with van der Waals surface area (Å²) in [7, 11) is 0. The zero-order valence-corrected chi connectivity index (χ0v) is 11.1. The number of aromatic nitrogens is 3. The van der Waals surface area contributed by atoms with E-state index in [1.54, 1.807) is 18.3 Å². The molecule has 0 fully saturated rings. The van der Waals surface area contributed by atoms with E-state index < -0.39 is 4.92 Å². The molecular formula is C12H14N6O3. The largest absolute Gasteiger partial charge is 0.350 e. The van der Waals surface area contributed by atoms with E-state index in [-0.39, 0.29) is 31.2 Å². The molecular weight excluding hydrogens is 276 g/mol. The molecule has 0 spiro atoms. The van der Waals surface area contributed by atoms with Crippen LogP contribution in [0.4, 0.5) is 5.69 Å². The lowest BCUT2D eigenvalue weighted by molar-refractivity contribution is -0.384. The van der Waals surface area contributed by atoms with Crippen LogP contribution in [0.15, 0.2) is 30.5 Å². The van der Waals surface area contributed by atoms with Crippen LogP contribution >= 0.6 is 0 Å². The van der Waals surface area contributed by atoms with Crippen molar-refractivity contribution in [2.24, 2.45) is 5.73 Å². The molecule has 0 aliphatic rings. The van der Waals surface area contributed by atoms with E-state index in [4.69, 9.17) is 5.73 Å². The minimum absolute atomic E-state index is 0.0157. The van der Waals surface area contributed by atoms with Crippen molar-refractivity contribution in [3.05, 3.63) is 51.8 Å². The molecule has 2 aromatic rings. The molecule has 0 unspecified atom stereocenters. The van der Waals surface area contributed by atoms with Gasteiger partial charge in [0, 0.05) is 25.2 Å². The second-order valence-electron chi connectivity index (χ2n) is 4.31. The highest BCUT2D eigenvalue weighted by Gasteiger charge is 2.07. The van der Waals surface area contributed by atoms with E-state index in [9.17, 15) is 14.9 Å². The Kier molecular flexibility index (Phi) is 4.57. The lowest BCUT2D eigenvalue weighted by Gasteiger charge is -2.05. The first kappa shape index (κ1) is 14.6. The van der Waals surface area contributed by atoms with Crippen molar-refractivity contribution in [1.82, 2.24) is 20.3 Å². The van der Waals surface area contributed by atoms with Gasteiger partial charge in [-0.3, -0.25) is 14.9 Å². The van der Waals surface area contributed by atoms with Crippen molar-refractivity contribution in [2.75, 3.05) is 0 Å². The van der Waals surface area contributed by atoms with Crippen molar-refractivity contribution in [3.8, 4) is 0 Å². The van der Waals surface area contributed by atoms with E-state index >= 15 is 0 Å². The Morgan fingerprint density at radius 2 is 2.10 bits per heavy atom. The third-order valence-electron chi connectivity index (χ3n) is 2.74. The first-order valence-corrected chi connectivity index (χ1v) is 6.17. The normalized spacial score (nSPS) is 10.3. The third kappa shape index (κ3) is 4.08. The van der Waals surface area contributed by atoms with Gasteiger partial charge in [0.2, 0.25) is 5.91 Å². The Hall–Kier alpha value is -2.81. The highest BCUT2D eigenvalue weighted by atomic mass is 16.6. The molecule has 0 atom stereocenters. The number of nitrogens with one attached hydrogen (secondary N) is 1. The van der Waals surface area contributed by atoms with Crippen molar-refractivity contribution in [3.63, 3.8) is 0 Å². The monoisotopic (exact) mass is 290 g/mol. The van der Waals surface area contributed by atoms with Crippen LogP contribution in [0.2, 0.25) is 0 Å². The summed E-state index contributed by atoms with van der Waals surface area (Å²) in [6.07, 6.45) is 1.60. The highest BCUT2D eigenvalue weighted by molar-refractivity contribution is 5.75. The van der Waals surface area contributed by atoms with E-state index in [2.05, 4.69) is 15.6 Å². The number of rotatable bonds is 6. The maximum atomic E-state index is 11.7. The van der Waals surface area contributed by atoms with Crippen molar-refractivity contribution >= 4 is 11.6 Å². The average molecular weight is 290 g/mol. The maximum absolute atomic E-state index is 11.7. The number of nitro benzene ring substituents is 1. The standard InChI is InChI=1S/C12H14N6O3/c13-5-10-7-17(16-15-10)8-12(19)14-6-9-1-3-11(4-2-9)18(20)21/h1-4,7H,5-6,8,13H2,(H,14,19). The molecule has 0 bridgehead atoms. The van der Waals surface area contributed by atoms with Crippen LogP contribution in [0.3, 0.4) is 0 Å². The molecule has 0 aliphatic carbocycles. The average Bonchev–Trinajstić information content (AvgIpc) is 2.93. The molecule has 0 radical (unpaired) electrons. The number of benzene rings is 1. The molecule has 0 saturated heterocycles. The second-order valence-corrected chi connectivity index (χ2v) is 4.31. The zero-order valence-electron chi connectivity index (χ0n) is 11.1. The predicted octanol–water partition coefficient (Wildman–Crippen LogP) is -0.0386. The van der Waals surface area contributed by atoms with Gasteiger partial charge in [0.25, 0.3) is 5.69 Å². The molecule has 9 nitrogen and oxygen atoms in total. The topological polar surface area (TPSA) is 129 Å². The molecule has 1 heterocycles. The summed E-state index contributed by atoms with van der Waals surface area (Å²) < 4.78 is 1.40. The minimum Gasteiger partial charge on any atom is -0.350 e. The molecule has 0 aliphatic heterocycles. The maximum Gasteiger partial charge on any atom is 0.269 e. The molecule has 110 valence electrons. The molecule has 9 heteroatoms. The number of carbonyl (C=O) groups is 1. The summed E-state index contributed by atoms with van der Waals surface area (Å²) in [6, 6.07) is 5.99. The van der Waals surface area contributed by atoms with Gasteiger partial charge in [0.1, 0.15) is 6.54 Å². The van der Waals surface area contributed by atoms with Crippen LogP contribution in [0, 0.1) is 10.1 Å². The first-order chi connectivity index (χ1) is 10.1. The van der Waals surface area contributed by atoms with Gasteiger partial charge >= 0.3 is 0 Å². The van der Waals surface area contributed by atoms with Crippen molar-refractivity contribution in [2.45, 2.75) is 19.6 Å². The Morgan fingerprint density at radius 1 is 1.38 bits per heavy atom. The van der Waals surface area contributed by atoms with Crippen LogP contribution in [0.25, 0.3) is 0 Å².